The number of piperidine rings is 1. The topological polar surface area (TPSA) is 82.5 Å². The van der Waals surface area contributed by atoms with E-state index in [1.165, 1.54) is 18.4 Å². The Hall–Kier alpha value is -1.99. The third-order valence-electron chi connectivity index (χ3n) is 9.24. The van der Waals surface area contributed by atoms with Gasteiger partial charge in [-0.05, 0) is 69.0 Å². The molecule has 1 saturated heterocycles. The zero-order chi connectivity index (χ0) is 23.0. The molecule has 33 heavy (non-hydrogen) atoms. The average molecular weight is 457 g/mol. The van der Waals surface area contributed by atoms with Gasteiger partial charge in [0.05, 0.1) is 23.7 Å². The van der Waals surface area contributed by atoms with Gasteiger partial charge in [-0.15, -0.1) is 0 Å². The van der Waals surface area contributed by atoms with E-state index in [1.807, 2.05) is 6.07 Å². The standard InChI is InChI=1S/C26H36N2O5/c1-3-4-13-32-24(30)27(2)18-9-10-26(31)20-14-17-7-8-19(29)22-21(17)25(26,23(18)33-22)11-12-28(20)15-16-5-6-16/h7-8,16,18,20,23,29,31H,3-6,9-15H2,1-2H3/t18-,20+,23-,25-,26+/m0/s1. The summed E-state index contributed by atoms with van der Waals surface area (Å²) in [4.78, 5) is 17.1. The number of ether oxygens (including phenoxy) is 2. The number of hydrogen-bond acceptors (Lipinski definition) is 6. The second-order valence-corrected chi connectivity index (χ2v) is 11.0. The predicted molar refractivity (Wildman–Crippen MR) is 123 cm³/mol. The number of aliphatic hydroxyl groups is 1. The summed E-state index contributed by atoms with van der Waals surface area (Å²) in [6.45, 7) is 4.45. The molecule has 1 spiro atoms. The fourth-order valence-electron chi connectivity index (χ4n) is 7.39. The highest BCUT2D eigenvalue weighted by atomic mass is 16.6. The van der Waals surface area contributed by atoms with E-state index in [-0.39, 0.29) is 23.9 Å². The lowest BCUT2D eigenvalue weighted by molar-refractivity contribution is -0.198. The van der Waals surface area contributed by atoms with Crippen LogP contribution in [0.3, 0.4) is 0 Å². The molecule has 5 aliphatic rings. The minimum Gasteiger partial charge on any atom is -0.504 e. The van der Waals surface area contributed by atoms with Crippen LogP contribution >= 0.6 is 0 Å². The Balaban J connectivity index is 1.39. The van der Waals surface area contributed by atoms with Crippen molar-refractivity contribution in [1.82, 2.24) is 9.80 Å². The molecule has 2 aliphatic heterocycles. The van der Waals surface area contributed by atoms with Crippen molar-refractivity contribution in [3.63, 3.8) is 0 Å². The van der Waals surface area contributed by atoms with E-state index in [1.54, 1.807) is 18.0 Å². The second-order valence-electron chi connectivity index (χ2n) is 11.0. The molecule has 0 radical (unpaired) electrons. The molecule has 0 unspecified atom stereocenters. The van der Waals surface area contributed by atoms with Crippen LogP contribution in [0.1, 0.15) is 63.0 Å². The van der Waals surface area contributed by atoms with Crippen LogP contribution in [0, 0.1) is 5.92 Å². The SMILES string of the molecule is CCCCOC(=O)N(C)[C@H]1CC[C@@]2(O)[C@H]3Cc4ccc(O)c5c4[C@@]2(CCN3CC2CC2)[C@H]1O5. The molecule has 2 N–H and O–H groups in total. The lowest BCUT2D eigenvalue weighted by atomic mass is 9.48. The molecular weight excluding hydrogens is 420 g/mol. The molecule has 6 rings (SSSR count). The van der Waals surface area contributed by atoms with Crippen molar-refractivity contribution in [2.45, 2.75) is 87.5 Å². The number of carbonyl (C=O) groups is 1. The average Bonchev–Trinajstić information content (AvgIpc) is 3.54. The summed E-state index contributed by atoms with van der Waals surface area (Å²) in [6, 6.07) is 3.57. The lowest BCUT2D eigenvalue weighted by Gasteiger charge is -2.64. The predicted octanol–water partition coefficient (Wildman–Crippen LogP) is 3.19. The Kier molecular flexibility index (Phi) is 4.90. The van der Waals surface area contributed by atoms with Crippen LogP contribution in [-0.2, 0) is 16.6 Å². The number of nitrogens with zero attached hydrogens (tertiary/aromatic N) is 2. The van der Waals surface area contributed by atoms with E-state index in [4.69, 9.17) is 9.47 Å². The van der Waals surface area contributed by atoms with Gasteiger partial charge >= 0.3 is 6.09 Å². The third-order valence-corrected chi connectivity index (χ3v) is 9.24. The van der Waals surface area contributed by atoms with Gasteiger partial charge < -0.3 is 24.6 Å². The van der Waals surface area contributed by atoms with Crippen LogP contribution in [0.4, 0.5) is 4.79 Å². The molecule has 5 atom stereocenters. The highest BCUT2D eigenvalue weighted by Crippen LogP contribution is 2.66. The fraction of sp³-hybridized carbons (Fsp3) is 0.731. The number of amides is 1. The number of likely N-dealkylation sites (N-methyl/N-ethyl adjacent to an activating group) is 1. The van der Waals surface area contributed by atoms with Crippen LogP contribution in [0.5, 0.6) is 11.5 Å². The summed E-state index contributed by atoms with van der Waals surface area (Å²) >= 11 is 0. The molecule has 1 aromatic rings. The first-order valence-electron chi connectivity index (χ1n) is 12.8. The normalized spacial score (nSPS) is 36.2. The molecule has 1 aromatic carbocycles. The molecule has 3 fully saturated rings. The molecule has 2 bridgehead atoms. The van der Waals surface area contributed by atoms with Gasteiger partial charge in [-0.3, -0.25) is 4.90 Å². The maximum atomic E-state index is 12.9. The quantitative estimate of drug-likeness (QED) is 0.640. The second kappa shape index (κ2) is 7.51. The number of phenols is 1. The van der Waals surface area contributed by atoms with Crippen molar-refractivity contribution in [2.75, 3.05) is 26.7 Å². The Morgan fingerprint density at radius 2 is 2.12 bits per heavy atom. The van der Waals surface area contributed by atoms with Crippen LogP contribution < -0.4 is 4.74 Å². The van der Waals surface area contributed by atoms with Gasteiger partial charge in [0.2, 0.25) is 0 Å². The maximum absolute atomic E-state index is 12.9. The first-order valence-corrected chi connectivity index (χ1v) is 12.8. The van der Waals surface area contributed by atoms with Gasteiger partial charge in [0, 0.05) is 25.2 Å². The fourth-order valence-corrected chi connectivity index (χ4v) is 7.39. The van der Waals surface area contributed by atoms with Crippen LogP contribution in [0.25, 0.3) is 0 Å². The number of rotatable bonds is 6. The minimum absolute atomic E-state index is 0.0451. The van der Waals surface area contributed by atoms with Crippen LogP contribution in [0.2, 0.25) is 0 Å². The van der Waals surface area contributed by atoms with Crippen molar-refractivity contribution >= 4 is 6.09 Å². The molecule has 7 nitrogen and oxygen atoms in total. The Labute approximate surface area is 195 Å². The first-order chi connectivity index (χ1) is 15.9. The highest BCUT2D eigenvalue weighted by molar-refractivity contribution is 5.69. The van der Waals surface area contributed by atoms with Gasteiger partial charge in [0.1, 0.15) is 6.10 Å². The van der Waals surface area contributed by atoms with Crippen LogP contribution in [0.15, 0.2) is 12.1 Å². The molecule has 2 saturated carbocycles. The van der Waals surface area contributed by atoms with Gasteiger partial charge in [-0.25, -0.2) is 4.79 Å². The zero-order valence-electron chi connectivity index (χ0n) is 19.8. The van der Waals surface area contributed by atoms with Gasteiger partial charge in [0.25, 0.3) is 0 Å². The molecule has 0 aromatic heterocycles. The van der Waals surface area contributed by atoms with Gasteiger partial charge in [-0.2, -0.15) is 0 Å². The minimum atomic E-state index is -0.930. The zero-order valence-corrected chi connectivity index (χ0v) is 19.8. The molecule has 7 heteroatoms. The Morgan fingerprint density at radius 3 is 2.88 bits per heavy atom. The Morgan fingerprint density at radius 1 is 1.30 bits per heavy atom. The number of aromatic hydroxyl groups is 1. The van der Waals surface area contributed by atoms with Crippen molar-refractivity contribution < 1.29 is 24.5 Å². The number of carbonyl (C=O) groups excluding carboxylic acids is 1. The van der Waals surface area contributed by atoms with E-state index in [0.717, 1.165) is 50.3 Å². The largest absolute Gasteiger partial charge is 0.504 e. The smallest absolute Gasteiger partial charge is 0.409 e. The lowest BCUT2D eigenvalue weighted by Crippen LogP contribution is -2.78. The molecular formula is C26H36N2O5. The van der Waals surface area contributed by atoms with Crippen molar-refractivity contribution in [3.8, 4) is 11.5 Å². The van der Waals surface area contributed by atoms with Crippen LogP contribution in [-0.4, -0.2) is 76.6 Å². The van der Waals surface area contributed by atoms with Crippen molar-refractivity contribution in [2.24, 2.45) is 5.92 Å². The third kappa shape index (κ3) is 2.91. The van der Waals surface area contributed by atoms with E-state index in [0.29, 0.717) is 25.2 Å². The van der Waals surface area contributed by atoms with Crippen molar-refractivity contribution in [3.05, 3.63) is 23.3 Å². The monoisotopic (exact) mass is 456 g/mol. The van der Waals surface area contributed by atoms with E-state index >= 15 is 0 Å². The number of phenolic OH excluding ortho intramolecular Hbond substituents is 1. The number of hydrogen-bond donors (Lipinski definition) is 2. The Bertz CT molecular complexity index is 964. The number of likely N-dealkylation sites (tertiary alicyclic amines) is 1. The van der Waals surface area contributed by atoms with E-state index < -0.39 is 17.1 Å². The summed E-state index contributed by atoms with van der Waals surface area (Å²) < 4.78 is 12.1. The summed E-state index contributed by atoms with van der Waals surface area (Å²) in [7, 11) is 1.79. The van der Waals surface area contributed by atoms with E-state index in [9.17, 15) is 15.0 Å². The molecule has 180 valence electrons. The highest BCUT2D eigenvalue weighted by Gasteiger charge is 2.73. The summed E-state index contributed by atoms with van der Waals surface area (Å²) in [5, 5.41) is 23.2. The molecule has 2 heterocycles. The maximum Gasteiger partial charge on any atom is 0.409 e. The summed E-state index contributed by atoms with van der Waals surface area (Å²) in [5.41, 5.74) is 0.629. The number of unbranched alkanes of at least 4 members (excludes halogenated alkanes) is 1. The molecule has 3 aliphatic carbocycles. The summed E-state index contributed by atoms with van der Waals surface area (Å²) in [6.07, 6.45) is 6.49. The van der Waals surface area contributed by atoms with E-state index in [2.05, 4.69) is 11.8 Å². The summed E-state index contributed by atoms with van der Waals surface area (Å²) in [5.74, 6) is 1.41. The van der Waals surface area contributed by atoms with Gasteiger partial charge in [0.15, 0.2) is 11.5 Å². The molecule has 1 amide bonds. The van der Waals surface area contributed by atoms with Gasteiger partial charge in [-0.1, -0.05) is 19.4 Å². The van der Waals surface area contributed by atoms with Crippen molar-refractivity contribution in [1.29, 1.82) is 0 Å². The number of benzene rings is 1. The first kappa shape index (κ1) is 21.5.